The SMILES string of the molecule is C1CCOC1.COc1ccc(-c2cnsc2-c2cc(OC)c(OC)c(OC)c2)cc1N.COc1ccc(-c2cnsc2-c2cc(OC)c(OC)c(OC)c2)cc1NC(=O)CN.COc1ccc(-c2cnsc2-c2cc(OC)c(OC)c(OC)c2)cc1NC(=O)CNC(=O)OC(C)(C)C.Cl.Cl.Cn1ccnc1. The van der Waals surface area contributed by atoms with Gasteiger partial charge >= 0.3 is 6.09 Å². The lowest BCUT2D eigenvalue weighted by Gasteiger charge is -2.19. The highest BCUT2D eigenvalue weighted by molar-refractivity contribution is 7.10. The number of nitrogens with two attached hydrogens (primary N) is 2. The van der Waals surface area contributed by atoms with Crippen molar-refractivity contribution in [1.82, 2.24) is 28.0 Å². The molecule has 3 amide bonds. The molecule has 0 aliphatic carbocycles. The van der Waals surface area contributed by atoms with E-state index in [1.54, 1.807) is 142 Å². The number of anilines is 3. The summed E-state index contributed by atoms with van der Waals surface area (Å²) in [4.78, 5) is 42.8. The Morgan fingerprint density at radius 3 is 1.10 bits per heavy atom. The molecule has 0 saturated carbocycles. The van der Waals surface area contributed by atoms with Crippen LogP contribution in [0.2, 0.25) is 0 Å². The third-order valence-electron chi connectivity index (χ3n) is 15.0. The van der Waals surface area contributed by atoms with Gasteiger partial charge in [-0.05, 0) is 158 Å². The van der Waals surface area contributed by atoms with Crippen molar-refractivity contribution in [1.29, 1.82) is 0 Å². The second-order valence-corrected chi connectivity index (χ2v) is 25.3. The van der Waals surface area contributed by atoms with Crippen molar-refractivity contribution in [2.45, 2.75) is 39.2 Å². The number of amides is 3. The third-order valence-corrected chi connectivity index (χ3v) is 17.6. The Bertz CT molecular complexity index is 4370. The second-order valence-electron chi connectivity index (χ2n) is 22.9. The quantitative estimate of drug-likeness (QED) is 0.0371. The van der Waals surface area contributed by atoms with Crippen LogP contribution in [0.25, 0.3) is 64.7 Å². The van der Waals surface area contributed by atoms with E-state index in [1.165, 1.54) is 54.5 Å². The number of carbonyl (C=O) groups excluding carboxylic acids is 3. The molecule has 1 saturated heterocycles. The zero-order valence-electron chi connectivity index (χ0n) is 61.7. The lowest BCUT2D eigenvalue weighted by molar-refractivity contribution is -0.116. The van der Waals surface area contributed by atoms with Gasteiger partial charge in [-0.2, -0.15) is 13.1 Å². The topological polar surface area (TPSA) is 325 Å². The number of rotatable bonds is 23. The van der Waals surface area contributed by atoms with Crippen molar-refractivity contribution in [2.75, 3.05) is 128 Å². The fourth-order valence-corrected chi connectivity index (χ4v) is 12.4. The highest BCUT2D eigenvalue weighted by Crippen LogP contribution is 2.49. The average Bonchev–Trinajstić information content (AvgIpc) is 1.51. The van der Waals surface area contributed by atoms with Gasteiger partial charge in [-0.25, -0.2) is 9.78 Å². The van der Waals surface area contributed by atoms with E-state index < -0.39 is 17.6 Å². The maximum Gasteiger partial charge on any atom is 0.408 e. The molecule has 32 heteroatoms. The first-order valence-electron chi connectivity index (χ1n) is 32.0. The standard InChI is InChI=1S/C26H31N3O7S.C21H23N3O5S.C19H20N2O4S.C4H6N2.C4H8O.2ClH/c1-26(2,3)36-25(31)27-14-22(30)29-18-10-15(8-9-19(18)32-4)17-13-28-37-24(17)16-11-20(33-5)23(35-7)21(12-16)34-6;1-26-16-6-5-12(7-15(16)24-19(25)10-22)14-11-23-30-21(14)13-8-17(27-2)20(29-4)18(9-13)28-3;1-22-15-6-5-11(7-14(15)20)13-10-21-26-19(13)12-8-16(23-2)18(25-4)17(9-12)24-3;1-6-3-2-5-4-6;1-2-4-5-3-1;;/h8-13H,14H2,1-7H3,(H,27,31)(H,29,30);5-9,11H,10,22H2,1-4H3,(H,24,25);5-10H,20H2,1-4H3;2-4H,1H3;1-4H2;2*1H. The summed E-state index contributed by atoms with van der Waals surface area (Å²) in [6, 6.07) is 27.9. The van der Waals surface area contributed by atoms with E-state index in [4.69, 9.17) is 77.8 Å². The van der Waals surface area contributed by atoms with Crippen LogP contribution in [0, 0.1) is 0 Å². The van der Waals surface area contributed by atoms with Gasteiger partial charge in [-0.15, -0.1) is 24.8 Å². The number of carbonyl (C=O) groups is 3. The fourth-order valence-electron chi connectivity index (χ4n) is 10.1. The molecule has 11 rings (SSSR count). The predicted octanol–water partition coefficient (Wildman–Crippen LogP) is 14.5. The Kier molecular flexibility index (Phi) is 34.5. The summed E-state index contributed by atoms with van der Waals surface area (Å²) in [6.45, 7) is 6.85. The van der Waals surface area contributed by atoms with Crippen molar-refractivity contribution < 1.29 is 80.7 Å². The van der Waals surface area contributed by atoms with E-state index in [1.807, 2.05) is 96.8 Å². The van der Waals surface area contributed by atoms with Crippen molar-refractivity contribution in [3.05, 3.63) is 128 Å². The van der Waals surface area contributed by atoms with Gasteiger partial charge in [-0.3, -0.25) is 9.59 Å². The molecule has 0 spiro atoms. The summed E-state index contributed by atoms with van der Waals surface area (Å²) in [6.07, 6.45) is 12.6. The van der Waals surface area contributed by atoms with Crippen LogP contribution in [-0.4, -0.2) is 158 Å². The van der Waals surface area contributed by atoms with Crippen LogP contribution < -0.4 is 84.3 Å². The largest absolute Gasteiger partial charge is 0.495 e. The van der Waals surface area contributed by atoms with Gasteiger partial charge in [-0.1, -0.05) is 18.2 Å². The number of halogens is 2. The van der Waals surface area contributed by atoms with Gasteiger partial charge in [0.15, 0.2) is 34.5 Å². The maximum absolute atomic E-state index is 12.6. The Hall–Kier alpha value is -10.5. The lowest BCUT2D eigenvalue weighted by atomic mass is 10.0. The van der Waals surface area contributed by atoms with Gasteiger partial charge in [0.05, 0.1) is 130 Å². The Balaban J connectivity index is 0.000000265. The van der Waals surface area contributed by atoms with Crippen molar-refractivity contribution in [3.63, 3.8) is 0 Å². The first-order chi connectivity index (χ1) is 50.2. The maximum atomic E-state index is 12.6. The number of methoxy groups -OCH3 is 12. The summed E-state index contributed by atoms with van der Waals surface area (Å²) >= 11 is 4.05. The van der Waals surface area contributed by atoms with E-state index in [9.17, 15) is 14.4 Å². The molecule has 0 unspecified atom stereocenters. The van der Waals surface area contributed by atoms with Crippen LogP contribution in [0.3, 0.4) is 0 Å². The highest BCUT2D eigenvalue weighted by Gasteiger charge is 2.24. The van der Waals surface area contributed by atoms with Gasteiger partial charge in [0, 0.05) is 84.6 Å². The van der Waals surface area contributed by atoms with E-state index in [0.717, 1.165) is 77.9 Å². The smallest absolute Gasteiger partial charge is 0.408 e. The monoisotopic (exact) mass is 1560 g/mol. The summed E-state index contributed by atoms with van der Waals surface area (Å²) in [5.41, 5.74) is 20.3. The Labute approximate surface area is 641 Å². The zero-order valence-corrected chi connectivity index (χ0v) is 65.8. The normalized spacial score (nSPS) is 11.0. The van der Waals surface area contributed by atoms with Crippen LogP contribution >= 0.6 is 59.4 Å². The van der Waals surface area contributed by atoms with E-state index in [-0.39, 0.29) is 43.8 Å². The molecule has 570 valence electrons. The van der Waals surface area contributed by atoms with E-state index in [2.05, 4.69) is 34.1 Å². The fraction of sp³-hybridized carbons (Fsp3) is 0.311. The van der Waals surface area contributed by atoms with Crippen LogP contribution in [0.1, 0.15) is 33.6 Å². The number of nitrogens with one attached hydrogen (secondary N) is 3. The number of nitrogens with zero attached hydrogens (tertiary/aromatic N) is 5. The van der Waals surface area contributed by atoms with E-state index >= 15 is 0 Å². The minimum absolute atomic E-state index is 0. The molecule has 6 aromatic carbocycles. The van der Waals surface area contributed by atoms with Crippen LogP contribution in [0.15, 0.2) is 128 Å². The molecule has 0 atom stereocenters. The first kappa shape index (κ1) is 86.2. The molecular formula is C74H90Cl2N10O17S3. The molecule has 1 aliphatic heterocycles. The summed E-state index contributed by atoms with van der Waals surface area (Å²) in [5, 5.41) is 7.99. The number of nitrogen functional groups attached to an aromatic ring is 1. The predicted molar refractivity (Wildman–Crippen MR) is 420 cm³/mol. The molecule has 5 heterocycles. The van der Waals surface area contributed by atoms with Crippen molar-refractivity contribution in [3.8, 4) is 134 Å². The summed E-state index contributed by atoms with van der Waals surface area (Å²) < 4.78 is 90.2. The molecule has 1 aliphatic rings. The third kappa shape index (κ3) is 23.0. The molecule has 4 aromatic heterocycles. The Morgan fingerprint density at radius 2 is 0.830 bits per heavy atom. The number of hydrogen-bond donors (Lipinski definition) is 5. The molecule has 0 radical (unpaired) electrons. The van der Waals surface area contributed by atoms with E-state index in [0.29, 0.717) is 86.1 Å². The summed E-state index contributed by atoms with van der Waals surface area (Å²) in [7, 11) is 20.7. The lowest BCUT2D eigenvalue weighted by Crippen LogP contribution is -2.37. The zero-order chi connectivity index (χ0) is 75.5. The molecule has 106 heavy (non-hydrogen) atoms. The van der Waals surface area contributed by atoms with Crippen LogP contribution in [0.4, 0.5) is 21.9 Å². The Morgan fingerprint density at radius 1 is 0.481 bits per heavy atom. The number of benzene rings is 6. The van der Waals surface area contributed by atoms with Crippen molar-refractivity contribution >= 4 is 94.4 Å². The average molecular weight is 1560 g/mol. The molecule has 1 fully saturated rings. The van der Waals surface area contributed by atoms with Crippen molar-refractivity contribution in [2.24, 2.45) is 12.8 Å². The van der Waals surface area contributed by atoms with Gasteiger partial charge < -0.3 is 98.3 Å². The number of hydrogen-bond acceptors (Lipinski definition) is 26. The number of aryl methyl sites for hydroxylation is 1. The minimum Gasteiger partial charge on any atom is -0.495 e. The van der Waals surface area contributed by atoms with Crippen LogP contribution in [-0.2, 0) is 26.1 Å². The minimum atomic E-state index is -0.678. The molecule has 0 bridgehead atoms. The first-order valence-corrected chi connectivity index (χ1v) is 34.3. The van der Waals surface area contributed by atoms with Gasteiger partial charge in [0.2, 0.25) is 29.1 Å². The van der Waals surface area contributed by atoms with Gasteiger partial charge in [0.25, 0.3) is 0 Å². The molecular weight excluding hydrogens is 1470 g/mol. The highest BCUT2D eigenvalue weighted by atomic mass is 35.5. The number of alkyl carbamates (subject to hydrolysis) is 1. The molecule has 10 aromatic rings. The van der Waals surface area contributed by atoms with Crippen LogP contribution in [0.5, 0.6) is 69.0 Å². The molecule has 7 N–H and O–H groups in total. The molecule has 27 nitrogen and oxygen atoms in total. The number of aromatic nitrogens is 5. The summed E-state index contributed by atoms with van der Waals surface area (Å²) in [5.74, 6) is 5.82. The van der Waals surface area contributed by atoms with Gasteiger partial charge in [0.1, 0.15) is 29.4 Å². The number of ether oxygens (including phenoxy) is 14. The number of imidazole rings is 1. The second kappa shape index (κ2) is 42.5.